The highest BCUT2D eigenvalue weighted by molar-refractivity contribution is 5.83. The zero-order chi connectivity index (χ0) is 37.3. The molecule has 2 N–H and O–H groups in total. The highest BCUT2D eigenvalue weighted by Crippen LogP contribution is 2.78. The van der Waals surface area contributed by atoms with E-state index < -0.39 is 17.4 Å². The Morgan fingerprint density at radius 3 is 0.891 bits per heavy atom. The molecule has 0 aromatic carbocycles. The molecule has 0 aromatic heterocycles. The third kappa shape index (κ3) is 5.59. The van der Waals surface area contributed by atoms with E-state index in [-0.39, 0.29) is 72.5 Å². The van der Waals surface area contributed by atoms with Gasteiger partial charge in [0.05, 0.1) is 35.9 Å². The van der Waals surface area contributed by atoms with E-state index in [2.05, 4.69) is 55.4 Å². The second-order valence-corrected chi connectivity index (χ2v) is 18.6. The first-order chi connectivity index (χ1) is 20.1. The molecule has 0 aliphatic heterocycles. The third-order valence-corrected chi connectivity index (χ3v) is 15.9. The van der Waals surface area contributed by atoms with Gasteiger partial charge in [-0.3, -0.25) is 19.2 Å². The Bertz CT molecular complexity index is 1150. The van der Waals surface area contributed by atoms with Gasteiger partial charge in [0.1, 0.15) is 0 Å². The minimum absolute atomic E-state index is 0.0150. The van der Waals surface area contributed by atoms with E-state index in [9.17, 15) is 19.2 Å². The SMILES string of the molecule is CC1(C)C(C(=O)O)C1(C)C.CC1(C)C(C)(C)C1(C)C(=O)O.CCOC(=O)C1(C)C(C)(C)C1(C)C.CCOC(=O)C1C(C)(C)C1(C)C. The van der Waals surface area contributed by atoms with Gasteiger partial charge in [-0.05, 0) is 71.0 Å². The topological polar surface area (TPSA) is 127 Å². The van der Waals surface area contributed by atoms with E-state index in [1.54, 1.807) is 0 Å². The molecular formula is C38H68O8. The maximum atomic E-state index is 11.7. The molecule has 0 heterocycles. The summed E-state index contributed by atoms with van der Waals surface area (Å²) < 4.78 is 10.1. The number of carboxylic acid groups (broad SMARTS) is 2. The van der Waals surface area contributed by atoms with E-state index in [4.69, 9.17) is 19.7 Å². The Morgan fingerprint density at radius 2 is 0.761 bits per heavy atom. The molecule has 8 heteroatoms. The minimum Gasteiger partial charge on any atom is -0.481 e. The normalized spacial score (nSPS) is 27.2. The maximum Gasteiger partial charge on any atom is 0.312 e. The van der Waals surface area contributed by atoms with Crippen LogP contribution in [-0.2, 0) is 28.7 Å². The predicted molar refractivity (Wildman–Crippen MR) is 182 cm³/mol. The number of carboxylic acids is 2. The molecule has 0 saturated heterocycles. The summed E-state index contributed by atoms with van der Waals surface area (Å²) in [7, 11) is 0. The molecule has 268 valence electrons. The van der Waals surface area contributed by atoms with Crippen LogP contribution in [0.3, 0.4) is 0 Å². The van der Waals surface area contributed by atoms with Gasteiger partial charge in [0.25, 0.3) is 0 Å². The molecule has 0 unspecified atom stereocenters. The van der Waals surface area contributed by atoms with E-state index in [0.29, 0.717) is 13.2 Å². The maximum absolute atomic E-state index is 11.7. The summed E-state index contributed by atoms with van der Waals surface area (Å²) >= 11 is 0. The Balaban J connectivity index is 0.000000308. The van der Waals surface area contributed by atoms with Gasteiger partial charge in [0, 0.05) is 0 Å². The van der Waals surface area contributed by atoms with Gasteiger partial charge in [0.2, 0.25) is 0 Å². The van der Waals surface area contributed by atoms with E-state index in [1.165, 1.54) is 0 Å². The summed E-state index contributed by atoms with van der Waals surface area (Å²) in [6.45, 7) is 41.6. The van der Waals surface area contributed by atoms with Gasteiger partial charge in [-0.1, -0.05) is 111 Å². The smallest absolute Gasteiger partial charge is 0.312 e. The molecule has 4 aliphatic carbocycles. The monoisotopic (exact) mass is 652 g/mol. The lowest BCUT2D eigenvalue weighted by Crippen LogP contribution is -2.22. The number of hydrogen-bond donors (Lipinski definition) is 2. The Labute approximate surface area is 280 Å². The molecule has 8 nitrogen and oxygen atoms in total. The lowest BCUT2D eigenvalue weighted by molar-refractivity contribution is -0.151. The van der Waals surface area contributed by atoms with Crippen molar-refractivity contribution in [3.8, 4) is 0 Å². The Morgan fingerprint density at radius 1 is 0.478 bits per heavy atom. The van der Waals surface area contributed by atoms with E-state index in [0.717, 1.165) is 0 Å². The van der Waals surface area contributed by atoms with Crippen LogP contribution in [-0.4, -0.2) is 47.3 Å². The molecule has 4 fully saturated rings. The number of ether oxygens (including phenoxy) is 2. The van der Waals surface area contributed by atoms with Crippen molar-refractivity contribution >= 4 is 23.9 Å². The Hall–Kier alpha value is -2.12. The first kappa shape index (κ1) is 41.9. The van der Waals surface area contributed by atoms with Crippen molar-refractivity contribution in [3.63, 3.8) is 0 Å². The van der Waals surface area contributed by atoms with Crippen molar-refractivity contribution in [2.45, 2.75) is 138 Å². The van der Waals surface area contributed by atoms with Crippen LogP contribution < -0.4 is 0 Å². The lowest BCUT2D eigenvalue weighted by Gasteiger charge is -2.13. The molecule has 4 rings (SSSR count). The van der Waals surface area contributed by atoms with Gasteiger partial charge in [-0.25, -0.2) is 0 Å². The molecular weight excluding hydrogens is 584 g/mol. The molecule has 4 saturated carbocycles. The van der Waals surface area contributed by atoms with Crippen molar-refractivity contribution < 1.29 is 38.9 Å². The van der Waals surface area contributed by atoms with Crippen molar-refractivity contribution in [2.75, 3.05) is 13.2 Å². The molecule has 4 aliphatic rings. The Kier molecular flexibility index (Phi) is 10.7. The fourth-order valence-electron chi connectivity index (χ4n) is 8.33. The summed E-state index contributed by atoms with van der Waals surface area (Å²) in [5.41, 5.74) is -0.720. The van der Waals surface area contributed by atoms with Crippen LogP contribution in [0.25, 0.3) is 0 Å². The molecule has 46 heavy (non-hydrogen) atoms. The fraction of sp³-hybridized carbons (Fsp3) is 0.895. The first-order valence-electron chi connectivity index (χ1n) is 16.9. The third-order valence-electron chi connectivity index (χ3n) is 15.9. The molecule has 0 atom stereocenters. The minimum atomic E-state index is -0.674. The fourth-order valence-corrected chi connectivity index (χ4v) is 8.33. The molecule has 0 spiro atoms. The number of aliphatic carboxylic acids is 2. The molecule has 0 amide bonds. The zero-order valence-electron chi connectivity index (χ0n) is 32.9. The largest absolute Gasteiger partial charge is 0.481 e. The van der Waals surface area contributed by atoms with E-state index >= 15 is 0 Å². The number of carbonyl (C=O) groups excluding carboxylic acids is 2. The van der Waals surface area contributed by atoms with Crippen molar-refractivity contribution in [1.82, 2.24) is 0 Å². The van der Waals surface area contributed by atoms with Gasteiger partial charge < -0.3 is 19.7 Å². The predicted octanol–water partition coefficient (Wildman–Crippen LogP) is 8.75. The number of carbonyl (C=O) groups is 4. The standard InChI is InChI=1S/C11H20O2.C10H18O2.C9H16O2.C8H14O2/c1-7-13-8(12)11(6)9(2,3)10(11,4)5;1-6-12-8(11)7-9(2,3)10(7,4)5;1-7(2)8(3,4)9(7,5)6(10)11;1-7(2)5(6(9)10)8(7,3)4/h7H2,1-6H3;7H,6H2,1-5H3;1-5H3,(H,10,11);5H,1-4H3,(H,9,10). The number of hydrogen-bond acceptors (Lipinski definition) is 6. The van der Waals surface area contributed by atoms with E-state index in [1.807, 2.05) is 83.1 Å². The average Bonchev–Trinajstić information content (AvgIpc) is 3.66. The number of esters is 2. The highest BCUT2D eigenvalue weighted by Gasteiger charge is 2.79. The van der Waals surface area contributed by atoms with Gasteiger partial charge in [-0.2, -0.15) is 0 Å². The highest BCUT2D eigenvalue weighted by atomic mass is 16.5. The van der Waals surface area contributed by atoms with Gasteiger partial charge >= 0.3 is 23.9 Å². The van der Waals surface area contributed by atoms with Gasteiger partial charge in [0.15, 0.2) is 0 Å². The lowest BCUT2D eigenvalue weighted by atomic mass is 9.98. The summed E-state index contributed by atoms with van der Waals surface area (Å²) in [5.74, 6) is -1.48. The second kappa shape index (κ2) is 11.8. The van der Waals surface area contributed by atoms with Crippen LogP contribution in [0.5, 0.6) is 0 Å². The second-order valence-electron chi connectivity index (χ2n) is 18.6. The summed E-state index contributed by atoms with van der Waals surface area (Å²) in [4.78, 5) is 44.7. The van der Waals surface area contributed by atoms with Crippen LogP contribution in [0.2, 0.25) is 0 Å². The van der Waals surface area contributed by atoms with Crippen molar-refractivity contribution in [1.29, 1.82) is 0 Å². The first-order valence-corrected chi connectivity index (χ1v) is 16.9. The van der Waals surface area contributed by atoms with Crippen molar-refractivity contribution in [3.05, 3.63) is 0 Å². The van der Waals surface area contributed by atoms with Gasteiger partial charge in [-0.15, -0.1) is 0 Å². The van der Waals surface area contributed by atoms with Crippen LogP contribution in [0.15, 0.2) is 0 Å². The van der Waals surface area contributed by atoms with Crippen LogP contribution in [0.1, 0.15) is 138 Å². The number of rotatable bonds is 6. The summed E-state index contributed by atoms with van der Waals surface area (Å²) in [6.07, 6.45) is 0. The van der Waals surface area contributed by atoms with Crippen LogP contribution in [0, 0.1) is 66.0 Å². The molecule has 0 radical (unpaired) electrons. The summed E-state index contributed by atoms with van der Waals surface area (Å²) in [5, 5.41) is 17.7. The zero-order valence-corrected chi connectivity index (χ0v) is 32.9. The van der Waals surface area contributed by atoms with Crippen LogP contribution in [0.4, 0.5) is 0 Å². The molecule has 0 aromatic rings. The summed E-state index contributed by atoms with van der Waals surface area (Å²) in [6, 6.07) is 0. The molecule has 0 bridgehead atoms. The van der Waals surface area contributed by atoms with Crippen LogP contribution >= 0.6 is 0 Å². The van der Waals surface area contributed by atoms with Crippen molar-refractivity contribution in [2.24, 2.45) is 66.0 Å². The quantitative estimate of drug-likeness (QED) is 0.273. The average molecular weight is 653 g/mol.